The fraction of sp³-hybridized carbons (Fsp3) is 0.321. The van der Waals surface area contributed by atoms with Gasteiger partial charge in [-0.2, -0.15) is 5.26 Å². The maximum atomic E-state index is 15.2. The molecular weight excluding hydrogens is 488 g/mol. The molecule has 0 radical (unpaired) electrons. The Labute approximate surface area is 218 Å². The van der Waals surface area contributed by atoms with Crippen molar-refractivity contribution >= 4 is 22.7 Å². The molecule has 3 aromatic heterocycles. The van der Waals surface area contributed by atoms with Crippen molar-refractivity contribution in [3.05, 3.63) is 75.8 Å². The molecule has 0 amide bonds. The van der Waals surface area contributed by atoms with E-state index in [1.165, 1.54) is 22.3 Å². The van der Waals surface area contributed by atoms with E-state index < -0.39 is 17.2 Å². The van der Waals surface area contributed by atoms with E-state index in [9.17, 15) is 14.4 Å². The first-order valence-corrected chi connectivity index (χ1v) is 12.5. The van der Waals surface area contributed by atoms with Crippen molar-refractivity contribution in [3.8, 4) is 17.3 Å². The molecular formula is C28H27F2N7O. The van der Waals surface area contributed by atoms with Crippen LogP contribution in [0, 0.1) is 23.0 Å². The smallest absolute Gasteiger partial charge is 0.269 e. The number of halogens is 2. The Morgan fingerprint density at radius 3 is 2.50 bits per heavy atom. The highest BCUT2D eigenvalue weighted by Gasteiger charge is 2.20. The summed E-state index contributed by atoms with van der Waals surface area (Å²) in [6, 6.07) is 9.19. The normalized spacial score (nSPS) is 14.7. The zero-order chi connectivity index (χ0) is 27.0. The number of hydrogen-bond donors (Lipinski definition) is 1. The Balaban J connectivity index is 1.48. The molecule has 1 fully saturated rings. The molecule has 0 saturated carbocycles. The van der Waals surface area contributed by atoms with Crippen LogP contribution in [-0.4, -0.2) is 44.6 Å². The summed E-state index contributed by atoms with van der Waals surface area (Å²) in [6.07, 6.45) is 5.01. The van der Waals surface area contributed by atoms with Crippen LogP contribution in [0.4, 0.5) is 20.5 Å². The van der Waals surface area contributed by atoms with Crippen LogP contribution in [0.1, 0.15) is 49.8 Å². The molecule has 1 saturated heterocycles. The SMILES string of the molecule is CC(C)n1c(=O)c(C#N)cc2c(F)cc(-c3nc(Nc4ccc(C5CCN(C)CC5)cn4)ncc3F)cc21. The average Bonchev–Trinajstić information content (AvgIpc) is 2.90. The fourth-order valence-corrected chi connectivity index (χ4v) is 4.93. The van der Waals surface area contributed by atoms with Gasteiger partial charge in [0, 0.05) is 23.2 Å². The van der Waals surface area contributed by atoms with E-state index in [1.54, 1.807) is 13.8 Å². The minimum Gasteiger partial charge on any atom is -0.309 e. The summed E-state index contributed by atoms with van der Waals surface area (Å²) in [6.45, 7) is 5.62. The molecule has 1 N–H and O–H groups in total. The summed E-state index contributed by atoms with van der Waals surface area (Å²) in [7, 11) is 2.12. The molecule has 10 heteroatoms. The number of pyridine rings is 2. The summed E-state index contributed by atoms with van der Waals surface area (Å²) in [5, 5.41) is 12.4. The van der Waals surface area contributed by atoms with Gasteiger partial charge in [-0.05, 0) is 82.6 Å². The summed E-state index contributed by atoms with van der Waals surface area (Å²) >= 11 is 0. The van der Waals surface area contributed by atoms with E-state index in [2.05, 4.69) is 32.2 Å². The van der Waals surface area contributed by atoms with Crippen LogP contribution < -0.4 is 10.9 Å². The van der Waals surface area contributed by atoms with Crippen molar-refractivity contribution in [2.24, 2.45) is 0 Å². The van der Waals surface area contributed by atoms with E-state index >= 15 is 4.39 Å². The summed E-state index contributed by atoms with van der Waals surface area (Å²) < 4.78 is 31.4. The first kappa shape index (κ1) is 25.4. The first-order chi connectivity index (χ1) is 18.2. The number of nitrogens with zero attached hydrogens (tertiary/aromatic N) is 6. The van der Waals surface area contributed by atoms with Crippen LogP contribution in [0.5, 0.6) is 0 Å². The van der Waals surface area contributed by atoms with Crippen molar-refractivity contribution in [3.63, 3.8) is 0 Å². The third kappa shape index (κ3) is 4.85. The van der Waals surface area contributed by atoms with E-state index in [-0.39, 0.29) is 39.7 Å². The molecule has 1 aromatic carbocycles. The summed E-state index contributed by atoms with van der Waals surface area (Å²) in [5.74, 6) is -0.366. The van der Waals surface area contributed by atoms with Crippen molar-refractivity contribution in [2.45, 2.75) is 38.6 Å². The molecule has 4 aromatic rings. The standard InChI is InChI=1S/C28H27F2N7O/c1-16(2)37-24-12-19(11-22(29)21(24)10-20(13-31)27(37)38)26-23(30)15-33-28(35-26)34-25-5-4-18(14-32-25)17-6-8-36(3)9-7-17/h4-5,10-12,14-17H,6-9H2,1-3H3,(H,32,33,34,35). The Morgan fingerprint density at radius 1 is 1.08 bits per heavy atom. The maximum absolute atomic E-state index is 15.2. The van der Waals surface area contributed by atoms with E-state index in [4.69, 9.17) is 0 Å². The number of piperidine rings is 1. The second kappa shape index (κ2) is 10.3. The number of nitrogens with one attached hydrogen (secondary N) is 1. The van der Waals surface area contributed by atoms with Gasteiger partial charge >= 0.3 is 0 Å². The summed E-state index contributed by atoms with van der Waals surface area (Å²) in [4.78, 5) is 27.9. The van der Waals surface area contributed by atoms with Gasteiger partial charge in [-0.3, -0.25) is 4.79 Å². The lowest BCUT2D eigenvalue weighted by atomic mass is 9.91. The Bertz CT molecular complexity index is 1600. The molecule has 0 bridgehead atoms. The van der Waals surface area contributed by atoms with Gasteiger partial charge in [-0.1, -0.05) is 6.07 Å². The van der Waals surface area contributed by atoms with Crippen LogP contribution in [0.25, 0.3) is 22.2 Å². The van der Waals surface area contributed by atoms with Crippen LogP contribution in [0.3, 0.4) is 0 Å². The Morgan fingerprint density at radius 2 is 1.84 bits per heavy atom. The third-order valence-corrected chi connectivity index (χ3v) is 6.98. The van der Waals surface area contributed by atoms with Crippen molar-refractivity contribution < 1.29 is 8.78 Å². The lowest BCUT2D eigenvalue weighted by molar-refractivity contribution is 0.255. The Hall–Kier alpha value is -4.23. The number of hydrogen-bond acceptors (Lipinski definition) is 7. The number of rotatable bonds is 5. The van der Waals surface area contributed by atoms with Gasteiger partial charge < -0.3 is 14.8 Å². The van der Waals surface area contributed by atoms with Gasteiger partial charge in [-0.15, -0.1) is 0 Å². The van der Waals surface area contributed by atoms with Crippen molar-refractivity contribution in [1.82, 2.24) is 24.4 Å². The zero-order valence-corrected chi connectivity index (χ0v) is 21.4. The second-order valence-corrected chi connectivity index (χ2v) is 9.90. The highest BCUT2D eigenvalue weighted by molar-refractivity contribution is 5.86. The molecule has 194 valence electrons. The van der Waals surface area contributed by atoms with Gasteiger partial charge in [0.2, 0.25) is 5.95 Å². The monoisotopic (exact) mass is 515 g/mol. The van der Waals surface area contributed by atoms with Gasteiger partial charge in [0.25, 0.3) is 5.56 Å². The second-order valence-electron chi connectivity index (χ2n) is 9.90. The molecule has 4 heterocycles. The number of anilines is 2. The molecule has 0 spiro atoms. The minimum atomic E-state index is -0.744. The number of aromatic nitrogens is 4. The van der Waals surface area contributed by atoms with Crippen LogP contribution in [-0.2, 0) is 0 Å². The quantitative estimate of drug-likeness (QED) is 0.393. The van der Waals surface area contributed by atoms with Gasteiger partial charge in [0.15, 0.2) is 5.82 Å². The van der Waals surface area contributed by atoms with Crippen molar-refractivity contribution in [2.75, 3.05) is 25.5 Å². The number of benzene rings is 1. The van der Waals surface area contributed by atoms with Gasteiger partial charge in [0.1, 0.15) is 29.0 Å². The first-order valence-electron chi connectivity index (χ1n) is 12.5. The predicted octanol–water partition coefficient (Wildman–Crippen LogP) is 5.14. The largest absolute Gasteiger partial charge is 0.309 e. The zero-order valence-electron chi connectivity index (χ0n) is 21.4. The molecule has 0 aliphatic carbocycles. The highest BCUT2D eigenvalue weighted by Crippen LogP contribution is 2.30. The van der Waals surface area contributed by atoms with Crippen LogP contribution in [0.2, 0.25) is 0 Å². The Kier molecular flexibility index (Phi) is 6.87. The molecule has 0 atom stereocenters. The molecule has 1 aliphatic heterocycles. The average molecular weight is 516 g/mol. The van der Waals surface area contributed by atoms with E-state index in [1.807, 2.05) is 24.4 Å². The molecule has 5 rings (SSSR count). The van der Waals surface area contributed by atoms with Crippen LogP contribution >= 0.6 is 0 Å². The topological polar surface area (TPSA) is 99.7 Å². The predicted molar refractivity (Wildman–Crippen MR) is 141 cm³/mol. The van der Waals surface area contributed by atoms with Crippen molar-refractivity contribution in [1.29, 1.82) is 5.26 Å². The highest BCUT2D eigenvalue weighted by atomic mass is 19.1. The van der Waals surface area contributed by atoms with Gasteiger partial charge in [0.05, 0.1) is 11.7 Å². The lowest BCUT2D eigenvalue weighted by Gasteiger charge is -2.29. The lowest BCUT2D eigenvalue weighted by Crippen LogP contribution is -2.29. The fourth-order valence-electron chi connectivity index (χ4n) is 4.93. The maximum Gasteiger partial charge on any atom is 0.269 e. The number of nitriles is 1. The van der Waals surface area contributed by atoms with Gasteiger partial charge in [-0.25, -0.2) is 23.7 Å². The minimum absolute atomic E-state index is 0.0975. The number of fused-ring (bicyclic) bond motifs is 1. The number of likely N-dealkylation sites (tertiary alicyclic amines) is 1. The van der Waals surface area contributed by atoms with E-state index in [0.29, 0.717) is 11.7 Å². The van der Waals surface area contributed by atoms with Crippen LogP contribution in [0.15, 0.2) is 47.5 Å². The van der Waals surface area contributed by atoms with E-state index in [0.717, 1.165) is 38.2 Å². The molecule has 0 unspecified atom stereocenters. The molecule has 1 aliphatic rings. The third-order valence-electron chi connectivity index (χ3n) is 6.98. The summed E-state index contributed by atoms with van der Waals surface area (Å²) in [5.41, 5.74) is 0.739. The molecule has 8 nitrogen and oxygen atoms in total. The molecule has 38 heavy (non-hydrogen) atoms.